The fraction of sp³-hybridized carbons (Fsp3) is 0.261. The van der Waals surface area contributed by atoms with Crippen LogP contribution in [0.4, 0.5) is 5.69 Å². The first kappa shape index (κ1) is 19.7. The van der Waals surface area contributed by atoms with E-state index in [-0.39, 0.29) is 24.2 Å². The number of nitrogens with zero attached hydrogens (tertiary/aromatic N) is 2. The smallest absolute Gasteiger partial charge is 0.338 e. The molecular weight excluding hydrogens is 380 g/mol. The predicted octanol–water partition coefficient (Wildman–Crippen LogP) is 4.51. The molecule has 3 aromatic rings. The first-order valence-electron chi connectivity index (χ1n) is 9.81. The van der Waals surface area contributed by atoms with E-state index in [1.807, 2.05) is 26.0 Å². The SMILES string of the molecule is Cc1cc2nc(C3=C(O)CN(c4cccc(C(=O)OC(C)C)c4)C3=N)[nH]c2cc1C. The Balaban J connectivity index is 1.65. The third-order valence-electron chi connectivity index (χ3n) is 5.17. The zero-order valence-electron chi connectivity index (χ0n) is 17.4. The molecule has 1 aliphatic rings. The number of benzene rings is 2. The van der Waals surface area contributed by atoms with Gasteiger partial charge >= 0.3 is 5.97 Å². The van der Waals surface area contributed by atoms with Gasteiger partial charge in [0.1, 0.15) is 17.4 Å². The van der Waals surface area contributed by atoms with Crippen LogP contribution in [0.3, 0.4) is 0 Å². The van der Waals surface area contributed by atoms with Crippen LogP contribution in [0.5, 0.6) is 0 Å². The van der Waals surface area contributed by atoms with Crippen molar-refractivity contribution in [1.29, 1.82) is 5.41 Å². The number of rotatable bonds is 4. The minimum Gasteiger partial charge on any atom is -0.509 e. The molecule has 0 saturated carbocycles. The van der Waals surface area contributed by atoms with Crippen molar-refractivity contribution in [3.8, 4) is 0 Å². The van der Waals surface area contributed by atoms with Crippen LogP contribution in [-0.2, 0) is 4.74 Å². The van der Waals surface area contributed by atoms with Crippen molar-refractivity contribution in [2.75, 3.05) is 11.4 Å². The number of carbonyl (C=O) groups excluding carboxylic acids is 1. The number of fused-ring (bicyclic) bond motifs is 1. The number of hydrogen-bond acceptors (Lipinski definition) is 5. The van der Waals surface area contributed by atoms with Gasteiger partial charge in [-0.2, -0.15) is 0 Å². The summed E-state index contributed by atoms with van der Waals surface area (Å²) in [6.45, 7) is 7.77. The van der Waals surface area contributed by atoms with Gasteiger partial charge in [-0.15, -0.1) is 0 Å². The highest BCUT2D eigenvalue weighted by Crippen LogP contribution is 2.31. The van der Waals surface area contributed by atoms with Gasteiger partial charge in [-0.05, 0) is 69.2 Å². The molecule has 3 N–H and O–H groups in total. The summed E-state index contributed by atoms with van der Waals surface area (Å²) in [7, 11) is 0. The maximum absolute atomic E-state index is 12.2. The van der Waals surface area contributed by atoms with E-state index in [4.69, 9.17) is 10.1 Å². The lowest BCUT2D eigenvalue weighted by Gasteiger charge is -2.19. The van der Waals surface area contributed by atoms with Crippen molar-refractivity contribution in [2.45, 2.75) is 33.8 Å². The summed E-state index contributed by atoms with van der Waals surface area (Å²) in [4.78, 5) is 21.7. The van der Waals surface area contributed by atoms with Crippen LogP contribution in [-0.4, -0.2) is 39.5 Å². The molecule has 0 aliphatic carbocycles. The number of aliphatic hydroxyl groups is 1. The lowest BCUT2D eigenvalue weighted by atomic mass is 10.1. The number of carbonyl (C=O) groups is 1. The molecule has 0 saturated heterocycles. The number of aliphatic hydroxyl groups excluding tert-OH is 1. The number of aromatic nitrogens is 2. The summed E-state index contributed by atoms with van der Waals surface area (Å²) in [5.74, 6) is 0.213. The maximum atomic E-state index is 12.2. The van der Waals surface area contributed by atoms with Crippen molar-refractivity contribution >= 4 is 34.1 Å². The number of amidine groups is 1. The Bertz CT molecular complexity index is 1170. The number of imidazole rings is 1. The molecule has 0 unspecified atom stereocenters. The number of aryl methyl sites for hydroxylation is 2. The molecule has 4 rings (SSSR count). The fourth-order valence-electron chi connectivity index (χ4n) is 3.52. The maximum Gasteiger partial charge on any atom is 0.338 e. The third-order valence-corrected chi connectivity index (χ3v) is 5.17. The second kappa shape index (κ2) is 7.33. The molecule has 154 valence electrons. The average molecular weight is 404 g/mol. The van der Waals surface area contributed by atoms with Crippen LogP contribution < -0.4 is 4.90 Å². The number of ether oxygens (including phenoxy) is 1. The van der Waals surface area contributed by atoms with Crippen molar-refractivity contribution in [2.24, 2.45) is 0 Å². The molecule has 0 atom stereocenters. The highest BCUT2D eigenvalue weighted by molar-refractivity contribution is 6.30. The standard InChI is InChI=1S/C23H24N4O3/c1-12(2)30-23(29)15-6-5-7-16(10-15)27-11-19(28)20(21(27)24)22-25-17-8-13(3)14(4)9-18(17)26-22/h5-10,12,24,28H,11H2,1-4H3,(H,25,26). The number of aromatic amines is 1. The minimum atomic E-state index is -0.419. The molecule has 7 heteroatoms. The van der Waals surface area contributed by atoms with Crippen molar-refractivity contribution in [3.05, 3.63) is 64.7 Å². The zero-order chi connectivity index (χ0) is 21.6. The van der Waals surface area contributed by atoms with Gasteiger partial charge in [0, 0.05) is 5.69 Å². The van der Waals surface area contributed by atoms with Gasteiger partial charge in [0.2, 0.25) is 0 Å². The average Bonchev–Trinajstić information content (AvgIpc) is 3.21. The van der Waals surface area contributed by atoms with Crippen LogP contribution in [0.15, 0.2) is 42.2 Å². The van der Waals surface area contributed by atoms with Crippen molar-refractivity contribution < 1.29 is 14.6 Å². The highest BCUT2D eigenvalue weighted by atomic mass is 16.5. The molecule has 7 nitrogen and oxygen atoms in total. The van der Waals surface area contributed by atoms with Gasteiger partial charge in [-0.3, -0.25) is 5.41 Å². The Morgan fingerprint density at radius 2 is 1.97 bits per heavy atom. The van der Waals surface area contributed by atoms with Crippen LogP contribution in [0, 0.1) is 19.3 Å². The molecule has 1 aromatic heterocycles. The molecule has 2 aromatic carbocycles. The number of hydrogen-bond donors (Lipinski definition) is 3. The summed E-state index contributed by atoms with van der Waals surface area (Å²) in [6.07, 6.45) is -0.219. The number of H-pyrrole nitrogens is 1. The van der Waals surface area contributed by atoms with E-state index in [9.17, 15) is 9.90 Å². The molecular formula is C23H24N4O3. The van der Waals surface area contributed by atoms with Gasteiger partial charge in [0.05, 0.1) is 34.8 Å². The van der Waals surface area contributed by atoms with E-state index in [0.29, 0.717) is 22.6 Å². The normalized spacial score (nSPS) is 14.3. The Morgan fingerprint density at radius 1 is 1.23 bits per heavy atom. The summed E-state index contributed by atoms with van der Waals surface area (Å²) in [6, 6.07) is 10.9. The van der Waals surface area contributed by atoms with Crippen molar-refractivity contribution in [1.82, 2.24) is 9.97 Å². The molecule has 0 radical (unpaired) electrons. The summed E-state index contributed by atoms with van der Waals surface area (Å²) < 4.78 is 5.26. The molecule has 0 fully saturated rings. The van der Waals surface area contributed by atoms with Gasteiger partial charge < -0.3 is 19.7 Å². The van der Waals surface area contributed by atoms with Gasteiger partial charge in [-0.25, -0.2) is 9.78 Å². The number of anilines is 1. The van der Waals surface area contributed by atoms with Gasteiger partial charge in [0.25, 0.3) is 0 Å². The Labute approximate surface area is 174 Å². The lowest BCUT2D eigenvalue weighted by molar-refractivity contribution is 0.0378. The van der Waals surface area contributed by atoms with Crippen LogP contribution in [0.2, 0.25) is 0 Å². The molecule has 30 heavy (non-hydrogen) atoms. The largest absolute Gasteiger partial charge is 0.509 e. The van der Waals surface area contributed by atoms with E-state index < -0.39 is 5.97 Å². The van der Waals surface area contributed by atoms with E-state index >= 15 is 0 Å². The van der Waals surface area contributed by atoms with Crippen LogP contribution in [0.1, 0.15) is 41.2 Å². The van der Waals surface area contributed by atoms with E-state index in [1.54, 1.807) is 43.0 Å². The summed E-state index contributed by atoms with van der Waals surface area (Å²) >= 11 is 0. The number of nitrogens with one attached hydrogen (secondary N) is 2. The van der Waals surface area contributed by atoms with Gasteiger partial charge in [0.15, 0.2) is 0 Å². The summed E-state index contributed by atoms with van der Waals surface area (Å²) in [5, 5.41) is 19.3. The van der Waals surface area contributed by atoms with E-state index in [0.717, 1.165) is 22.2 Å². The van der Waals surface area contributed by atoms with Crippen LogP contribution >= 0.6 is 0 Å². The van der Waals surface area contributed by atoms with Crippen molar-refractivity contribution in [3.63, 3.8) is 0 Å². The molecule has 0 amide bonds. The number of esters is 1. The third kappa shape index (κ3) is 3.43. The Kier molecular flexibility index (Phi) is 4.81. The van der Waals surface area contributed by atoms with E-state index in [1.165, 1.54) is 0 Å². The Morgan fingerprint density at radius 3 is 2.70 bits per heavy atom. The van der Waals surface area contributed by atoms with Crippen LogP contribution in [0.25, 0.3) is 16.6 Å². The molecule has 2 heterocycles. The highest BCUT2D eigenvalue weighted by Gasteiger charge is 2.31. The first-order chi connectivity index (χ1) is 14.2. The topological polar surface area (TPSA) is 102 Å². The van der Waals surface area contributed by atoms with Gasteiger partial charge in [-0.1, -0.05) is 6.07 Å². The fourth-order valence-corrected chi connectivity index (χ4v) is 3.52. The predicted molar refractivity (Wildman–Crippen MR) is 117 cm³/mol. The molecule has 0 bridgehead atoms. The Hall–Kier alpha value is -3.61. The molecule has 0 spiro atoms. The summed E-state index contributed by atoms with van der Waals surface area (Å²) in [5.41, 5.74) is 5.31. The lowest BCUT2D eigenvalue weighted by Crippen LogP contribution is -2.26. The second-order valence-electron chi connectivity index (χ2n) is 7.80. The first-order valence-corrected chi connectivity index (χ1v) is 9.81. The second-order valence-corrected chi connectivity index (χ2v) is 7.80. The monoisotopic (exact) mass is 404 g/mol. The quantitative estimate of drug-likeness (QED) is 0.555. The minimum absolute atomic E-state index is 0.0580. The zero-order valence-corrected chi connectivity index (χ0v) is 17.4. The van der Waals surface area contributed by atoms with E-state index in [2.05, 4.69) is 9.97 Å². The molecule has 1 aliphatic heterocycles.